The molecule has 11 heteroatoms. The van der Waals surface area contributed by atoms with E-state index in [9.17, 15) is 0 Å². The third-order valence-electron chi connectivity index (χ3n) is 0. The summed E-state index contributed by atoms with van der Waals surface area (Å²) >= 11 is 0. The predicted octanol–water partition coefficient (Wildman–Crippen LogP) is -6.24. The Morgan fingerprint density at radius 1 is 0.727 bits per heavy atom. The van der Waals surface area contributed by atoms with E-state index in [0.29, 0.717) is 0 Å². The van der Waals surface area contributed by atoms with Gasteiger partial charge in [0, 0.05) is 10.4 Å². The predicted molar refractivity (Wildman–Crippen MR) is 39.2 cm³/mol. The van der Waals surface area contributed by atoms with Gasteiger partial charge in [-0.05, 0) is 0 Å². The molecule has 0 bridgehead atoms. The largest absolute Gasteiger partial charge is 2.00 e. The van der Waals surface area contributed by atoms with E-state index in [1.165, 1.54) is 0 Å². The second-order valence-corrected chi connectivity index (χ2v) is 1.22. The molecule has 0 aliphatic rings. The molecule has 0 N–H and O–H groups in total. The van der Waals surface area contributed by atoms with E-state index in [1.54, 1.807) is 0 Å². The smallest absolute Gasteiger partial charge is 0.759 e. The van der Waals surface area contributed by atoms with Crippen molar-refractivity contribution in [3.8, 4) is 0 Å². The zero-order valence-corrected chi connectivity index (χ0v) is 21.6. The zero-order chi connectivity index (χ0) is 4.50. The Hall–Kier alpha value is 7.81. The van der Waals surface area contributed by atoms with Crippen molar-refractivity contribution in [2.75, 3.05) is 0 Å². The van der Waals surface area contributed by atoms with E-state index in [0.717, 1.165) is 0 Å². The Kier molecular flexibility index (Phi) is 103. The minimum atomic E-state index is -5.17. The van der Waals surface area contributed by atoms with Gasteiger partial charge in [0.2, 0.25) is 0 Å². The summed E-state index contributed by atoms with van der Waals surface area (Å²) in [5, 5.41) is 0. The SMILES string of the molecule is O=S(=O)([O-])[O-].[Ca+2].[Ca+2].[Ca+2].[Ca+2].[Ca+2].[K+]. The van der Waals surface area contributed by atoms with Gasteiger partial charge in [-0.15, -0.1) is 0 Å². The Balaban J connectivity index is -0.00000000533. The molecular weight excluding hydrogens is 336 g/mol. The molecular formula is Ca5KO4S+9. The summed E-state index contributed by atoms with van der Waals surface area (Å²) in [4.78, 5) is 0. The average molecular weight is 336 g/mol. The fourth-order valence-corrected chi connectivity index (χ4v) is 0. The summed E-state index contributed by atoms with van der Waals surface area (Å²) in [5.41, 5.74) is 0. The second-order valence-electron chi connectivity index (χ2n) is 0.408. The van der Waals surface area contributed by atoms with Crippen molar-refractivity contribution in [3.63, 3.8) is 0 Å². The third-order valence-corrected chi connectivity index (χ3v) is 0. The summed E-state index contributed by atoms with van der Waals surface area (Å²) in [6.45, 7) is 0. The van der Waals surface area contributed by atoms with E-state index in [-0.39, 0.29) is 240 Å². The molecule has 0 heterocycles. The van der Waals surface area contributed by atoms with Crippen molar-refractivity contribution in [1.82, 2.24) is 0 Å². The molecule has 0 amide bonds. The Morgan fingerprint density at radius 2 is 0.727 bits per heavy atom. The van der Waals surface area contributed by atoms with Crippen LogP contribution in [0.5, 0.6) is 0 Å². The topological polar surface area (TPSA) is 80.3 Å². The van der Waals surface area contributed by atoms with Crippen LogP contribution in [0.15, 0.2) is 0 Å². The van der Waals surface area contributed by atoms with Crippen molar-refractivity contribution < 1.29 is 68.9 Å². The van der Waals surface area contributed by atoms with E-state index in [4.69, 9.17) is 17.5 Å². The van der Waals surface area contributed by atoms with Crippen molar-refractivity contribution in [2.45, 2.75) is 0 Å². The molecule has 0 saturated heterocycles. The summed E-state index contributed by atoms with van der Waals surface area (Å²) in [5.74, 6) is 0. The van der Waals surface area contributed by atoms with Crippen LogP contribution in [0.2, 0.25) is 0 Å². The maximum atomic E-state index is 8.52. The van der Waals surface area contributed by atoms with Gasteiger partial charge in [0.25, 0.3) is 0 Å². The van der Waals surface area contributed by atoms with Crippen LogP contribution in [-0.4, -0.2) is 206 Å². The molecule has 0 radical (unpaired) electrons. The zero-order valence-electron chi connectivity index (χ0n) is 6.58. The minimum Gasteiger partial charge on any atom is -0.759 e. The fraction of sp³-hybridized carbons (Fsp3) is 0. The number of rotatable bonds is 0. The Labute approximate surface area is 259 Å². The molecule has 32 valence electrons. The Morgan fingerprint density at radius 3 is 0.727 bits per heavy atom. The summed E-state index contributed by atoms with van der Waals surface area (Å²) in [7, 11) is -5.17. The molecule has 4 nitrogen and oxygen atoms in total. The van der Waals surface area contributed by atoms with Crippen LogP contribution in [-0.2, 0) is 10.4 Å². The number of hydrogen-bond donors (Lipinski definition) is 0. The first kappa shape index (κ1) is 42.8. The molecule has 0 fully saturated rings. The monoisotopic (exact) mass is 335 g/mol. The first-order valence-electron chi connectivity index (χ1n) is 0.667. The van der Waals surface area contributed by atoms with Crippen LogP contribution in [0.3, 0.4) is 0 Å². The van der Waals surface area contributed by atoms with Crippen molar-refractivity contribution >= 4 is 199 Å². The first-order chi connectivity index (χ1) is 2.00. The van der Waals surface area contributed by atoms with Crippen LogP contribution in [0, 0.1) is 0 Å². The molecule has 0 aromatic heterocycles. The van der Waals surface area contributed by atoms with Crippen molar-refractivity contribution in [1.29, 1.82) is 0 Å². The van der Waals surface area contributed by atoms with Gasteiger partial charge in [-0.2, -0.15) is 0 Å². The van der Waals surface area contributed by atoms with Gasteiger partial charge in [0.1, 0.15) is 0 Å². The molecule has 0 aliphatic carbocycles. The van der Waals surface area contributed by atoms with E-state index < -0.39 is 10.4 Å². The van der Waals surface area contributed by atoms with E-state index in [1.807, 2.05) is 0 Å². The van der Waals surface area contributed by atoms with Crippen molar-refractivity contribution in [3.05, 3.63) is 0 Å². The molecule has 0 atom stereocenters. The second kappa shape index (κ2) is 26.4. The van der Waals surface area contributed by atoms with Gasteiger partial charge in [0.05, 0.1) is 0 Å². The maximum absolute atomic E-state index is 8.52. The van der Waals surface area contributed by atoms with E-state index in [2.05, 4.69) is 0 Å². The quantitative estimate of drug-likeness (QED) is 0.251. The summed E-state index contributed by atoms with van der Waals surface area (Å²) < 4.78 is 34.1. The van der Waals surface area contributed by atoms with Crippen molar-refractivity contribution in [2.24, 2.45) is 0 Å². The summed E-state index contributed by atoms with van der Waals surface area (Å²) in [6, 6.07) is 0. The van der Waals surface area contributed by atoms with Crippen LogP contribution in [0.25, 0.3) is 0 Å². The molecule has 0 saturated carbocycles. The van der Waals surface area contributed by atoms with Crippen LogP contribution < -0.4 is 51.4 Å². The number of hydrogen-bond acceptors (Lipinski definition) is 4. The molecule has 0 unspecified atom stereocenters. The molecule has 0 spiro atoms. The molecule has 11 heavy (non-hydrogen) atoms. The molecule has 0 aromatic rings. The molecule has 0 aromatic carbocycles. The average Bonchev–Trinajstić information content (AvgIpc) is 0.722. The van der Waals surface area contributed by atoms with Gasteiger partial charge in [0.15, 0.2) is 0 Å². The van der Waals surface area contributed by atoms with Gasteiger partial charge < -0.3 is 9.11 Å². The van der Waals surface area contributed by atoms with Gasteiger partial charge in [-0.1, -0.05) is 0 Å². The van der Waals surface area contributed by atoms with Gasteiger partial charge in [-0.3, -0.25) is 8.42 Å². The fourth-order valence-electron chi connectivity index (χ4n) is 0. The van der Waals surface area contributed by atoms with E-state index >= 15 is 0 Å². The molecule has 0 rings (SSSR count). The third kappa shape index (κ3) is 73.0. The molecule has 0 aliphatic heterocycles. The first-order valence-corrected chi connectivity index (χ1v) is 2.00. The van der Waals surface area contributed by atoms with Crippen LogP contribution >= 0.6 is 0 Å². The van der Waals surface area contributed by atoms with Crippen LogP contribution in [0.1, 0.15) is 0 Å². The van der Waals surface area contributed by atoms with Gasteiger partial charge >= 0.3 is 240 Å². The normalized spacial score (nSPS) is 5.27. The Bertz CT molecular complexity index is 102. The van der Waals surface area contributed by atoms with Crippen LogP contribution in [0.4, 0.5) is 0 Å². The van der Waals surface area contributed by atoms with Gasteiger partial charge in [-0.25, -0.2) is 0 Å². The maximum Gasteiger partial charge on any atom is 2.00 e. The minimum absolute atomic E-state index is 0. The summed E-state index contributed by atoms with van der Waals surface area (Å²) in [6.07, 6.45) is 0. The standard InChI is InChI=1S/5Ca.K.H2O4S/c;;;;;;1-5(2,3)4/h;;;;;;(H2,1,2,3,4)/q5*+2;+1;/p-2.